The lowest BCUT2D eigenvalue weighted by atomic mass is 10.9. The molecule has 0 radical (unpaired) electrons. The second-order valence-electron chi connectivity index (χ2n) is 4.65. The quantitative estimate of drug-likeness (QED) is 0.134. The van der Waals surface area contributed by atoms with Crippen molar-refractivity contribution in [3.8, 4) is 0 Å². The molecule has 0 unspecified atom stereocenters. The van der Waals surface area contributed by atoms with E-state index in [0.717, 1.165) is 0 Å². The molecule has 0 bridgehead atoms. The molecule has 0 aliphatic heterocycles. The van der Waals surface area contributed by atoms with Gasteiger partial charge in [-0.3, -0.25) is 13.7 Å². The van der Waals surface area contributed by atoms with Crippen molar-refractivity contribution in [2.75, 3.05) is 33.0 Å². The minimum atomic E-state index is -4.35. The second-order valence-corrected chi connectivity index (χ2v) is 24.2. The minimum absolute atomic E-state index is 0.00844. The Morgan fingerprint density at radius 3 is 0.963 bits per heavy atom. The molecule has 0 aromatic rings. The van der Waals surface area contributed by atoms with Gasteiger partial charge in [-0.25, -0.2) is 0 Å². The first-order valence-electron chi connectivity index (χ1n) is 8.09. The van der Waals surface area contributed by atoms with Crippen molar-refractivity contribution < 1.29 is 36.3 Å². The Balaban J connectivity index is 6.71. The first kappa shape index (κ1) is 29.4. The molecule has 0 fully saturated rings. The summed E-state index contributed by atoms with van der Waals surface area (Å²) in [5, 5.41) is 0. The molecule has 164 valence electrons. The summed E-state index contributed by atoms with van der Waals surface area (Å²) in [4.78, 5) is 0. The van der Waals surface area contributed by atoms with Crippen molar-refractivity contribution in [2.45, 2.75) is 40.1 Å². The molecular weight excluding hydrogens is 685 g/mol. The molecule has 0 spiro atoms. The van der Waals surface area contributed by atoms with Crippen LogP contribution in [0.25, 0.3) is 0 Å². The van der Waals surface area contributed by atoms with Gasteiger partial charge in [-0.1, -0.05) is 0 Å². The molecule has 0 aromatic heterocycles. The van der Waals surface area contributed by atoms with Gasteiger partial charge in [0, 0.05) is 0 Å². The number of alkyl halides is 4. The average Bonchev–Trinajstić information content (AvgIpc) is 2.55. The maximum absolute atomic E-state index is 14.2. The summed E-state index contributed by atoms with van der Waals surface area (Å²) in [7, 11) is -12.6. The third-order valence-electron chi connectivity index (χ3n) is 2.87. The van der Waals surface area contributed by atoms with Crippen LogP contribution in [-0.4, -0.2) is 38.5 Å². The monoisotopic (exact) mass is 706 g/mol. The van der Waals surface area contributed by atoms with Gasteiger partial charge < -0.3 is 22.6 Å². The summed E-state index contributed by atoms with van der Waals surface area (Å²) < 4.78 is 63.8. The zero-order valence-electron chi connectivity index (χ0n) is 15.7. The molecule has 27 heavy (non-hydrogen) atoms. The van der Waals surface area contributed by atoms with Gasteiger partial charge in [-0.15, -0.1) is 0 Å². The standard InChI is InChI=1S/C12H25Br4O8P3/c1-6-20-25(17,11(13,14)26(18,21-7-2)22-8-3)12(15,16)27(19,23-9-4)24-10-5/h6-10H2,1-5H3. The van der Waals surface area contributed by atoms with Gasteiger partial charge in [0.25, 0.3) is 12.8 Å². The molecule has 8 nitrogen and oxygen atoms in total. The number of halogens is 4. The Morgan fingerprint density at radius 1 is 0.556 bits per heavy atom. The van der Waals surface area contributed by atoms with E-state index < -0.39 is 28.0 Å². The Morgan fingerprint density at radius 2 is 0.778 bits per heavy atom. The fourth-order valence-corrected chi connectivity index (χ4v) is 21.1. The van der Waals surface area contributed by atoms with E-state index in [1.807, 2.05) is 0 Å². The van der Waals surface area contributed by atoms with E-state index >= 15 is 0 Å². The molecule has 15 heteroatoms. The zero-order chi connectivity index (χ0) is 21.6. The Labute approximate surface area is 194 Å². The van der Waals surface area contributed by atoms with Crippen LogP contribution < -0.4 is 0 Å². The molecule has 0 heterocycles. The lowest BCUT2D eigenvalue weighted by Crippen LogP contribution is -2.29. The molecule has 0 rings (SSSR count). The SMILES string of the molecule is CCOP(=O)(OCC)C(Br)(Br)P(=O)(OCC)C(Br)(Br)P(=O)(OCC)OCC. The summed E-state index contributed by atoms with van der Waals surface area (Å²) in [5.41, 5.74) is 0. The van der Waals surface area contributed by atoms with Crippen molar-refractivity contribution in [2.24, 2.45) is 0 Å². The highest BCUT2D eigenvalue weighted by molar-refractivity contribution is 9.32. The Kier molecular flexibility index (Phi) is 12.9. The lowest BCUT2D eigenvalue weighted by molar-refractivity contribution is 0.216. The zero-order valence-corrected chi connectivity index (χ0v) is 24.7. The van der Waals surface area contributed by atoms with Gasteiger partial charge >= 0.3 is 15.2 Å². The smallest absolute Gasteiger partial charge is 0.325 e. The van der Waals surface area contributed by atoms with Gasteiger partial charge in [0.15, 0.2) is 0 Å². The summed E-state index contributed by atoms with van der Waals surface area (Å²) in [6, 6.07) is 0. The highest BCUT2D eigenvalue weighted by atomic mass is 79.9. The van der Waals surface area contributed by atoms with E-state index in [1.165, 1.54) is 0 Å². The molecule has 0 N–H and O–H groups in total. The minimum Gasteiger partial charge on any atom is -0.325 e. The average molecular weight is 710 g/mol. The topological polar surface area (TPSA) is 97.4 Å². The number of hydrogen-bond donors (Lipinski definition) is 0. The van der Waals surface area contributed by atoms with Crippen LogP contribution in [-0.2, 0) is 36.3 Å². The summed E-state index contributed by atoms with van der Waals surface area (Å²) in [6.45, 7) is 7.97. The van der Waals surface area contributed by atoms with Crippen LogP contribution in [0.2, 0.25) is 0 Å². The summed E-state index contributed by atoms with van der Waals surface area (Å²) in [6.07, 6.45) is 0. The third kappa shape index (κ3) is 5.81. The normalized spacial score (nSPS) is 14.6. The first-order valence-corrected chi connectivity index (χ1v) is 16.0. The van der Waals surface area contributed by atoms with Gasteiger partial charge in [0.05, 0.1) is 33.0 Å². The summed E-state index contributed by atoms with van der Waals surface area (Å²) in [5.74, 6) is 0. The summed E-state index contributed by atoms with van der Waals surface area (Å²) >= 11 is 12.7. The molecule has 0 aromatic carbocycles. The fourth-order valence-electron chi connectivity index (χ4n) is 1.89. The van der Waals surface area contributed by atoms with E-state index in [2.05, 4.69) is 63.7 Å². The molecule has 0 atom stereocenters. The first-order chi connectivity index (χ1) is 12.3. The Bertz CT molecular complexity index is 549. The van der Waals surface area contributed by atoms with Crippen LogP contribution in [0.3, 0.4) is 0 Å². The van der Waals surface area contributed by atoms with E-state index in [4.69, 9.17) is 22.6 Å². The molecule has 0 amide bonds. The van der Waals surface area contributed by atoms with Crippen LogP contribution in [0.15, 0.2) is 0 Å². The van der Waals surface area contributed by atoms with Gasteiger partial charge in [-0.2, -0.15) is 0 Å². The highest BCUT2D eigenvalue weighted by Crippen LogP contribution is 2.94. The van der Waals surface area contributed by atoms with Crippen LogP contribution in [0.4, 0.5) is 0 Å². The molecule has 0 aliphatic carbocycles. The Hall–Kier alpha value is 2.41. The maximum Gasteiger partial charge on any atom is 0.367 e. The molecule has 0 saturated heterocycles. The van der Waals surface area contributed by atoms with Crippen molar-refractivity contribution in [1.29, 1.82) is 0 Å². The molecular formula is C12H25Br4O8P3. The highest BCUT2D eigenvalue weighted by Gasteiger charge is 2.74. The number of hydrogen-bond acceptors (Lipinski definition) is 8. The van der Waals surface area contributed by atoms with Crippen molar-refractivity contribution in [3.05, 3.63) is 0 Å². The van der Waals surface area contributed by atoms with Gasteiger partial charge in [-0.05, 0) is 98.3 Å². The molecule has 0 saturated carbocycles. The van der Waals surface area contributed by atoms with Crippen LogP contribution >= 0.6 is 86.3 Å². The third-order valence-corrected chi connectivity index (χ3v) is 22.5. The van der Waals surface area contributed by atoms with Crippen molar-refractivity contribution >= 4 is 86.3 Å². The second kappa shape index (κ2) is 11.9. The van der Waals surface area contributed by atoms with Gasteiger partial charge in [0.1, 0.15) is 0 Å². The van der Waals surface area contributed by atoms with Crippen LogP contribution in [0.1, 0.15) is 34.6 Å². The fraction of sp³-hybridized carbons (Fsp3) is 1.00. The van der Waals surface area contributed by atoms with E-state index in [-0.39, 0.29) is 33.0 Å². The largest absolute Gasteiger partial charge is 0.367 e. The van der Waals surface area contributed by atoms with Gasteiger partial charge in [0.2, 0.25) is 0 Å². The molecule has 0 aliphatic rings. The van der Waals surface area contributed by atoms with Crippen LogP contribution in [0, 0.1) is 0 Å². The lowest BCUT2D eigenvalue weighted by Gasteiger charge is -2.42. The predicted molar refractivity (Wildman–Crippen MR) is 122 cm³/mol. The van der Waals surface area contributed by atoms with E-state index in [9.17, 15) is 13.7 Å². The van der Waals surface area contributed by atoms with E-state index in [0.29, 0.717) is 0 Å². The van der Waals surface area contributed by atoms with Crippen LogP contribution in [0.5, 0.6) is 0 Å². The maximum atomic E-state index is 14.2. The van der Waals surface area contributed by atoms with Crippen molar-refractivity contribution in [1.82, 2.24) is 0 Å². The van der Waals surface area contributed by atoms with E-state index in [1.54, 1.807) is 34.6 Å². The number of rotatable bonds is 14. The van der Waals surface area contributed by atoms with Crippen molar-refractivity contribution in [3.63, 3.8) is 0 Å². The predicted octanol–water partition coefficient (Wildman–Crippen LogP) is 7.64.